The van der Waals surface area contributed by atoms with Crippen LogP contribution >= 0.6 is 0 Å². The third-order valence-electron chi connectivity index (χ3n) is 4.77. The number of benzene rings is 1. The average molecular weight is 370 g/mol. The minimum absolute atomic E-state index is 0.00882. The summed E-state index contributed by atoms with van der Waals surface area (Å²) in [5, 5.41) is 3.98. The fourth-order valence-electron chi connectivity index (χ4n) is 3.32. The Bertz CT molecular complexity index is 957. The van der Waals surface area contributed by atoms with E-state index in [0.29, 0.717) is 18.3 Å². The van der Waals surface area contributed by atoms with Crippen molar-refractivity contribution in [2.24, 2.45) is 5.92 Å². The first-order valence-electron chi connectivity index (χ1n) is 8.52. The highest BCUT2D eigenvalue weighted by atomic mass is 19.1. The Labute approximate surface area is 153 Å². The lowest BCUT2D eigenvalue weighted by molar-refractivity contribution is 0.0776. The molecule has 2 atom stereocenters. The smallest absolute Gasteiger partial charge is 0.259 e. The fourth-order valence-corrected chi connectivity index (χ4v) is 3.32. The van der Waals surface area contributed by atoms with Crippen molar-refractivity contribution in [3.8, 4) is 11.4 Å². The minimum atomic E-state index is -0.867. The van der Waals surface area contributed by atoms with Gasteiger partial charge in [-0.1, -0.05) is 18.1 Å². The molecule has 0 radical (unpaired) electrons. The molecule has 0 bridgehead atoms. The summed E-state index contributed by atoms with van der Waals surface area (Å²) >= 11 is 0. The van der Waals surface area contributed by atoms with Crippen molar-refractivity contribution in [1.29, 1.82) is 0 Å². The maximum absolute atomic E-state index is 13.9. The van der Waals surface area contributed by atoms with Crippen molar-refractivity contribution in [2.45, 2.75) is 12.8 Å². The van der Waals surface area contributed by atoms with Gasteiger partial charge in [0.05, 0.1) is 5.92 Å². The summed E-state index contributed by atoms with van der Waals surface area (Å²) in [6.07, 6.45) is 3.26. The molecule has 4 rings (SSSR count). The molecule has 0 aliphatic carbocycles. The molecule has 1 aromatic carbocycles. The van der Waals surface area contributed by atoms with Crippen molar-refractivity contribution in [3.05, 3.63) is 65.8 Å². The number of likely N-dealkylation sites (tertiary alicyclic amines) is 1. The zero-order valence-electron chi connectivity index (χ0n) is 14.5. The van der Waals surface area contributed by atoms with E-state index in [0.717, 1.165) is 17.7 Å². The summed E-state index contributed by atoms with van der Waals surface area (Å²) in [5.74, 6) is -1.76. The molecule has 6 nitrogen and oxygen atoms in total. The van der Waals surface area contributed by atoms with E-state index < -0.39 is 23.1 Å². The van der Waals surface area contributed by atoms with Crippen molar-refractivity contribution in [2.75, 3.05) is 13.1 Å². The van der Waals surface area contributed by atoms with Crippen LogP contribution in [0.4, 0.5) is 8.78 Å². The van der Waals surface area contributed by atoms with E-state index in [9.17, 15) is 13.6 Å². The third kappa shape index (κ3) is 3.18. The molecule has 3 aromatic rings. The van der Waals surface area contributed by atoms with Crippen LogP contribution in [0.15, 0.2) is 47.2 Å². The maximum Gasteiger partial charge on any atom is 0.259 e. The summed E-state index contributed by atoms with van der Waals surface area (Å²) in [7, 11) is 0. The second-order valence-electron chi connectivity index (χ2n) is 6.58. The summed E-state index contributed by atoms with van der Waals surface area (Å²) in [4.78, 5) is 22.4. The Morgan fingerprint density at radius 1 is 1.15 bits per heavy atom. The Balaban J connectivity index is 1.55. The molecule has 3 heterocycles. The summed E-state index contributed by atoms with van der Waals surface area (Å²) in [6.45, 7) is 2.54. The van der Waals surface area contributed by atoms with Gasteiger partial charge in [0.1, 0.15) is 17.2 Å². The number of pyridine rings is 1. The van der Waals surface area contributed by atoms with Gasteiger partial charge in [0.15, 0.2) is 0 Å². The Hall–Kier alpha value is -3.16. The maximum atomic E-state index is 13.9. The zero-order valence-corrected chi connectivity index (χ0v) is 14.5. The van der Waals surface area contributed by atoms with Gasteiger partial charge < -0.3 is 9.42 Å². The van der Waals surface area contributed by atoms with Crippen LogP contribution < -0.4 is 0 Å². The molecular weight excluding hydrogens is 354 g/mol. The van der Waals surface area contributed by atoms with Crippen molar-refractivity contribution in [3.63, 3.8) is 0 Å². The first kappa shape index (κ1) is 17.3. The van der Waals surface area contributed by atoms with Crippen molar-refractivity contribution < 1.29 is 18.1 Å². The highest BCUT2D eigenvalue weighted by Crippen LogP contribution is 2.33. The molecule has 1 saturated heterocycles. The van der Waals surface area contributed by atoms with Crippen molar-refractivity contribution in [1.82, 2.24) is 20.0 Å². The normalized spacial score (nSPS) is 19.4. The highest BCUT2D eigenvalue weighted by molar-refractivity contribution is 5.95. The third-order valence-corrected chi connectivity index (χ3v) is 4.77. The Kier molecular flexibility index (Phi) is 4.39. The van der Waals surface area contributed by atoms with Gasteiger partial charge in [-0.3, -0.25) is 9.78 Å². The number of halogens is 2. The molecule has 8 heteroatoms. The Morgan fingerprint density at radius 3 is 2.56 bits per heavy atom. The molecule has 27 heavy (non-hydrogen) atoms. The van der Waals surface area contributed by atoms with Gasteiger partial charge in [0.2, 0.25) is 11.7 Å². The predicted octanol–water partition coefficient (Wildman–Crippen LogP) is 3.29. The van der Waals surface area contributed by atoms with E-state index in [2.05, 4.69) is 15.1 Å². The predicted molar refractivity (Wildman–Crippen MR) is 91.7 cm³/mol. The monoisotopic (exact) mass is 370 g/mol. The second kappa shape index (κ2) is 6.86. The fraction of sp³-hybridized carbons (Fsp3) is 0.263. The average Bonchev–Trinajstić information content (AvgIpc) is 3.29. The van der Waals surface area contributed by atoms with Gasteiger partial charge in [-0.2, -0.15) is 4.98 Å². The lowest BCUT2D eigenvalue weighted by atomic mass is 9.98. The molecule has 1 amide bonds. The summed E-state index contributed by atoms with van der Waals surface area (Å²) in [6, 6.07) is 6.92. The van der Waals surface area contributed by atoms with Gasteiger partial charge in [0, 0.05) is 31.0 Å². The van der Waals surface area contributed by atoms with E-state index >= 15 is 0 Å². The van der Waals surface area contributed by atoms with Crippen LogP contribution in [0.2, 0.25) is 0 Å². The number of hydrogen-bond donors (Lipinski definition) is 0. The van der Waals surface area contributed by atoms with E-state index in [1.807, 2.05) is 6.92 Å². The SMILES string of the molecule is CC1CN(C(=O)c2c(F)cccc2F)CC1c1nc(-c2ccncc2)no1. The number of carbonyl (C=O) groups excluding carboxylic acids is 1. The quantitative estimate of drug-likeness (QED) is 0.707. The molecule has 2 aromatic heterocycles. The van der Waals surface area contributed by atoms with Crippen LogP contribution in [0, 0.1) is 17.6 Å². The highest BCUT2D eigenvalue weighted by Gasteiger charge is 2.38. The van der Waals surface area contributed by atoms with Crippen LogP contribution in [0.5, 0.6) is 0 Å². The first-order valence-corrected chi connectivity index (χ1v) is 8.52. The number of hydrogen-bond acceptors (Lipinski definition) is 5. The topological polar surface area (TPSA) is 72.1 Å². The van der Waals surface area contributed by atoms with Crippen molar-refractivity contribution >= 4 is 5.91 Å². The van der Waals surface area contributed by atoms with E-state index in [1.54, 1.807) is 24.5 Å². The molecular formula is C19H16F2N4O2. The van der Waals surface area contributed by atoms with E-state index in [4.69, 9.17) is 4.52 Å². The van der Waals surface area contributed by atoms with E-state index in [1.165, 1.54) is 11.0 Å². The molecule has 0 N–H and O–H groups in total. The first-order chi connectivity index (χ1) is 13.0. The van der Waals surface area contributed by atoms with Gasteiger partial charge in [-0.05, 0) is 30.2 Å². The van der Waals surface area contributed by atoms with E-state index in [-0.39, 0.29) is 18.4 Å². The molecule has 0 saturated carbocycles. The van der Waals surface area contributed by atoms with Crippen LogP contribution in [0.25, 0.3) is 11.4 Å². The molecule has 1 fully saturated rings. The lowest BCUT2D eigenvalue weighted by Gasteiger charge is -2.16. The lowest BCUT2D eigenvalue weighted by Crippen LogP contribution is -2.30. The summed E-state index contributed by atoms with van der Waals surface area (Å²) in [5.41, 5.74) is 0.236. The number of amides is 1. The molecule has 138 valence electrons. The standard InChI is InChI=1S/C19H16F2N4O2/c1-11-9-25(19(26)16-14(20)3-2-4-15(16)21)10-13(11)18-23-17(24-27-18)12-5-7-22-8-6-12/h2-8,11,13H,9-10H2,1H3. The van der Waals surface area contributed by atoms with Gasteiger partial charge >= 0.3 is 0 Å². The zero-order chi connectivity index (χ0) is 19.0. The number of nitrogens with zero attached hydrogens (tertiary/aromatic N) is 4. The summed E-state index contributed by atoms with van der Waals surface area (Å²) < 4.78 is 33.2. The largest absolute Gasteiger partial charge is 0.339 e. The van der Waals surface area contributed by atoms with Crippen LogP contribution in [-0.2, 0) is 0 Å². The van der Waals surface area contributed by atoms with Crippen LogP contribution in [0.1, 0.15) is 29.1 Å². The van der Waals surface area contributed by atoms with Crippen LogP contribution in [0.3, 0.4) is 0 Å². The molecule has 1 aliphatic rings. The van der Waals surface area contributed by atoms with Gasteiger partial charge in [-0.15, -0.1) is 0 Å². The molecule has 2 unspecified atom stereocenters. The van der Waals surface area contributed by atoms with Crippen LogP contribution in [-0.4, -0.2) is 39.0 Å². The van der Waals surface area contributed by atoms with Gasteiger partial charge in [0.25, 0.3) is 5.91 Å². The Morgan fingerprint density at radius 2 is 1.85 bits per heavy atom. The van der Waals surface area contributed by atoms with Gasteiger partial charge in [-0.25, -0.2) is 8.78 Å². The minimum Gasteiger partial charge on any atom is -0.339 e. The second-order valence-corrected chi connectivity index (χ2v) is 6.58. The molecule has 1 aliphatic heterocycles. The number of rotatable bonds is 3. The molecule has 0 spiro atoms. The number of aromatic nitrogens is 3. The number of carbonyl (C=O) groups is 1.